The number of rotatable bonds is 7. The summed E-state index contributed by atoms with van der Waals surface area (Å²) in [5.41, 5.74) is 15.8. The number of benzene rings is 1. The van der Waals surface area contributed by atoms with Crippen LogP contribution in [0.25, 0.3) is 27.7 Å². The van der Waals surface area contributed by atoms with Crippen molar-refractivity contribution in [3.63, 3.8) is 0 Å². The first-order valence-corrected chi connectivity index (χ1v) is 24.8. The quantitative estimate of drug-likeness (QED) is 0.263. The monoisotopic (exact) mass is 893 g/mol. The number of carbonyl (C=O) groups is 3. The fraction of sp³-hybridized carbons (Fsp3) is 0.640. The molecule has 1 spiro atoms. The average molecular weight is 893 g/mol. The lowest BCUT2D eigenvalue weighted by Crippen LogP contribution is -2.61. The lowest BCUT2D eigenvalue weighted by molar-refractivity contribution is -0.158. The van der Waals surface area contributed by atoms with Crippen LogP contribution in [0.2, 0.25) is 0 Å². The fourth-order valence-corrected chi connectivity index (χ4v) is 14.0. The van der Waals surface area contributed by atoms with Gasteiger partial charge in [0.05, 0.1) is 39.7 Å². The number of likely N-dealkylation sites (tertiary alicyclic amines) is 1. The summed E-state index contributed by atoms with van der Waals surface area (Å²) in [6.07, 6.45) is 8.18. The SMILES string of the molecule is CC/C(=C\C1=C(N)C(C)(OC)C2c3c1n(CC)c1ccc(cc31)-c1csc(n1)CC1(CC1C(=O)[C@@]13CC[C@@H]1CCN3C)C(=O)N1CCC[C@H](N1)C(=O)OCC2(C)C)N1CCN(C)CC1. The van der Waals surface area contributed by atoms with Crippen molar-refractivity contribution in [2.45, 2.75) is 116 Å². The smallest absolute Gasteiger partial charge is 0.324 e. The molecule has 6 bridgehead atoms. The Balaban J connectivity index is 1.12. The van der Waals surface area contributed by atoms with Gasteiger partial charge in [0.15, 0.2) is 5.78 Å². The van der Waals surface area contributed by atoms with Crippen LogP contribution in [0.1, 0.15) is 102 Å². The number of amides is 1. The number of hydrogen-bond donors (Lipinski definition) is 2. The second-order valence-corrected chi connectivity index (χ2v) is 21.9. The number of nitrogens with zero attached hydrogens (tertiary/aromatic N) is 6. The number of allylic oxidation sites excluding steroid dienone is 3. The molecule has 64 heavy (non-hydrogen) atoms. The Kier molecular flexibility index (Phi) is 10.8. The molecule has 4 unspecified atom stereocenters. The third-order valence-electron chi connectivity index (χ3n) is 17.0. The Bertz CT molecular complexity index is 2460. The van der Waals surface area contributed by atoms with E-state index in [4.69, 9.17) is 20.2 Å². The van der Waals surface area contributed by atoms with Crippen LogP contribution < -0.4 is 11.2 Å². The first kappa shape index (κ1) is 43.8. The van der Waals surface area contributed by atoms with Crippen LogP contribution in [0.4, 0.5) is 0 Å². The summed E-state index contributed by atoms with van der Waals surface area (Å²) in [6.45, 7) is 16.9. The Morgan fingerprint density at radius 2 is 1.84 bits per heavy atom. The summed E-state index contributed by atoms with van der Waals surface area (Å²) in [7, 11) is 6.00. The molecule has 10 rings (SSSR count). The molecule has 3 aromatic rings. The Morgan fingerprint density at radius 1 is 1.06 bits per heavy atom. The summed E-state index contributed by atoms with van der Waals surface area (Å²) < 4.78 is 15.4. The van der Waals surface area contributed by atoms with E-state index in [9.17, 15) is 9.59 Å². The zero-order chi connectivity index (χ0) is 45.1. The topological polar surface area (TPSA) is 138 Å². The highest BCUT2D eigenvalue weighted by molar-refractivity contribution is 7.10. The first-order valence-electron chi connectivity index (χ1n) is 23.9. The van der Waals surface area contributed by atoms with Crippen LogP contribution in [-0.2, 0) is 36.8 Å². The van der Waals surface area contributed by atoms with E-state index in [1.54, 1.807) is 23.5 Å². The molecule has 2 saturated carbocycles. The van der Waals surface area contributed by atoms with Crippen molar-refractivity contribution in [2.75, 3.05) is 67.1 Å². The molecular weight excluding hydrogens is 825 g/mol. The number of nitrogens with two attached hydrogens (primary N) is 1. The standard InChI is InChI=1S/C50H68N8O5S/c1-9-32(56-22-20-54(6)21-23-56)25-34-41-40-33-24-30(13-14-38(33)57(41)10-2)37-28-64-39(52-37)27-49(26-35(49)44(59)50-17-15-31(50)16-19-55(50)7)46(61)58-18-11-12-36(53-58)45(60)63-29-47(3,4)42(40)48(5,62-8)43(34)51/h13-14,24-25,28,31,35-36,42,53H,9-12,15-23,26-27,29,51H2,1-8H3/b32-25+/t31-,35?,36+,42?,48?,49?,50-/m1/s1. The number of nitrogens with one attached hydrogen (secondary N) is 1. The van der Waals surface area contributed by atoms with Crippen molar-refractivity contribution in [3.05, 3.63) is 57.3 Å². The molecule has 0 radical (unpaired) electrons. The number of piperazine rings is 1. The van der Waals surface area contributed by atoms with Crippen LogP contribution in [0, 0.1) is 22.7 Å². The molecule has 344 valence electrons. The van der Waals surface area contributed by atoms with Gasteiger partial charge in [0, 0.05) is 103 Å². The van der Waals surface area contributed by atoms with Crippen LogP contribution in [0.15, 0.2) is 41.0 Å². The van der Waals surface area contributed by atoms with Crippen molar-refractivity contribution in [1.82, 2.24) is 34.7 Å². The zero-order valence-corrected chi connectivity index (χ0v) is 40.0. The lowest BCUT2D eigenvalue weighted by Gasteiger charge is -2.49. The summed E-state index contributed by atoms with van der Waals surface area (Å²) in [6, 6.07) is 5.94. The number of thiazole rings is 1. The number of fused-ring (bicyclic) bond motifs is 7. The molecule has 13 nitrogen and oxygen atoms in total. The fourth-order valence-electron chi connectivity index (χ4n) is 13.1. The summed E-state index contributed by atoms with van der Waals surface area (Å²) >= 11 is 1.56. The third kappa shape index (κ3) is 6.50. The number of hydrazine groups is 1. The number of likely N-dealkylation sites (N-methyl/N-ethyl adjacent to an activating group) is 2. The van der Waals surface area contributed by atoms with E-state index in [0.29, 0.717) is 43.8 Å². The van der Waals surface area contributed by atoms with Crippen molar-refractivity contribution < 1.29 is 23.9 Å². The van der Waals surface area contributed by atoms with E-state index in [1.165, 1.54) is 5.70 Å². The van der Waals surface area contributed by atoms with Gasteiger partial charge in [-0.2, -0.15) is 0 Å². The molecular formula is C50H68N8O5S. The molecule has 7 atom stereocenters. The van der Waals surface area contributed by atoms with Crippen molar-refractivity contribution in [3.8, 4) is 11.3 Å². The van der Waals surface area contributed by atoms with Crippen LogP contribution in [0.3, 0.4) is 0 Å². The van der Waals surface area contributed by atoms with E-state index >= 15 is 4.79 Å². The molecule has 3 saturated heterocycles. The maximum Gasteiger partial charge on any atom is 0.324 e. The number of esters is 1. The van der Waals surface area contributed by atoms with Crippen molar-refractivity contribution >= 4 is 45.5 Å². The number of methoxy groups -OCH3 is 1. The number of carbonyl (C=O) groups excluding carboxylic acids is 3. The maximum absolute atomic E-state index is 15.0. The maximum atomic E-state index is 15.0. The van der Waals surface area contributed by atoms with E-state index in [2.05, 4.69) is 103 Å². The second kappa shape index (κ2) is 15.8. The molecule has 4 aliphatic heterocycles. The van der Waals surface area contributed by atoms with Crippen LogP contribution in [-0.4, -0.2) is 131 Å². The molecule has 6 heterocycles. The van der Waals surface area contributed by atoms with Crippen LogP contribution in [0.5, 0.6) is 0 Å². The van der Waals surface area contributed by atoms with Gasteiger partial charge in [-0.25, -0.2) is 10.4 Å². The number of ketones is 1. The zero-order valence-electron chi connectivity index (χ0n) is 39.2. The van der Waals surface area contributed by atoms with Gasteiger partial charge in [-0.15, -0.1) is 11.3 Å². The normalized spacial score (nSPS) is 33.3. The van der Waals surface area contributed by atoms with Gasteiger partial charge >= 0.3 is 5.97 Å². The van der Waals surface area contributed by atoms with E-state index in [0.717, 1.165) is 109 Å². The molecule has 1 amide bonds. The predicted octanol–water partition coefficient (Wildman–Crippen LogP) is 6.18. The Hall–Kier alpha value is -4.08. The highest BCUT2D eigenvalue weighted by Crippen LogP contribution is 2.63. The lowest BCUT2D eigenvalue weighted by atomic mass is 9.61. The minimum Gasteiger partial charge on any atom is -0.464 e. The highest BCUT2D eigenvalue weighted by Gasteiger charge is 2.71. The highest BCUT2D eigenvalue weighted by atomic mass is 32.1. The molecule has 14 heteroatoms. The summed E-state index contributed by atoms with van der Waals surface area (Å²) in [5.74, 6) is -0.652. The van der Waals surface area contributed by atoms with Gasteiger partial charge in [0.2, 0.25) is 5.91 Å². The van der Waals surface area contributed by atoms with Crippen LogP contribution >= 0.6 is 11.3 Å². The Morgan fingerprint density at radius 3 is 2.53 bits per heavy atom. The molecule has 7 aliphatic rings. The van der Waals surface area contributed by atoms with Gasteiger partial charge in [-0.1, -0.05) is 26.8 Å². The minimum atomic E-state index is -0.974. The third-order valence-corrected chi connectivity index (χ3v) is 17.9. The van der Waals surface area contributed by atoms with Gasteiger partial charge in [-0.05, 0) is 109 Å². The molecule has 3 aliphatic carbocycles. The van der Waals surface area contributed by atoms with E-state index in [-0.39, 0.29) is 24.2 Å². The summed E-state index contributed by atoms with van der Waals surface area (Å²) in [4.78, 5) is 56.5. The number of hydrogen-bond acceptors (Lipinski definition) is 12. The number of cyclic esters (lactones) is 1. The molecule has 1 aromatic carbocycles. The van der Waals surface area contributed by atoms with Crippen molar-refractivity contribution in [2.24, 2.45) is 28.4 Å². The van der Waals surface area contributed by atoms with Gasteiger partial charge in [0.1, 0.15) is 11.6 Å². The average Bonchev–Trinajstić information content (AvgIpc) is 3.53. The molecule has 3 N–H and O–H groups in total. The number of aromatic nitrogens is 2. The minimum absolute atomic E-state index is 0.103. The number of Topliss-reactive ketones (excluding diaryl/α,β-unsaturated/α-hetero) is 1. The predicted molar refractivity (Wildman–Crippen MR) is 250 cm³/mol. The molecule has 5 fully saturated rings. The van der Waals surface area contributed by atoms with E-state index in [1.807, 2.05) is 0 Å². The summed E-state index contributed by atoms with van der Waals surface area (Å²) in [5, 5.41) is 5.67. The van der Waals surface area contributed by atoms with Gasteiger partial charge in [-0.3, -0.25) is 24.3 Å². The van der Waals surface area contributed by atoms with Crippen molar-refractivity contribution in [1.29, 1.82) is 0 Å². The van der Waals surface area contributed by atoms with Gasteiger partial charge in [0.25, 0.3) is 0 Å². The van der Waals surface area contributed by atoms with Gasteiger partial charge < -0.3 is 29.6 Å². The largest absolute Gasteiger partial charge is 0.464 e. The first-order chi connectivity index (χ1) is 30.6. The second-order valence-electron chi connectivity index (χ2n) is 20.9. The Labute approximate surface area is 382 Å². The number of ether oxygens (including phenoxy) is 2. The number of aryl methyl sites for hydroxylation is 1. The molecule has 2 aromatic heterocycles. The van der Waals surface area contributed by atoms with E-state index < -0.39 is 39.9 Å².